The highest BCUT2D eigenvalue weighted by molar-refractivity contribution is 7.89. The molecule has 2 aliphatic heterocycles. The second-order valence-corrected chi connectivity index (χ2v) is 10.7. The number of nitrogens with zero attached hydrogens (tertiary/aromatic N) is 5. The van der Waals surface area contributed by atoms with Crippen molar-refractivity contribution in [1.29, 1.82) is 0 Å². The largest absolute Gasteiger partial charge is 0.326 e. The van der Waals surface area contributed by atoms with Crippen LogP contribution in [0.4, 0.5) is 8.78 Å². The van der Waals surface area contributed by atoms with Crippen molar-refractivity contribution >= 4 is 10.0 Å². The Morgan fingerprint density at radius 3 is 2.79 bits per heavy atom. The summed E-state index contributed by atoms with van der Waals surface area (Å²) in [5, 5.41) is 11.0. The van der Waals surface area contributed by atoms with Gasteiger partial charge in [0, 0.05) is 67.3 Å². The van der Waals surface area contributed by atoms with E-state index in [2.05, 4.69) is 25.1 Å². The summed E-state index contributed by atoms with van der Waals surface area (Å²) in [6.07, 6.45) is 6.73. The van der Waals surface area contributed by atoms with E-state index in [0.717, 1.165) is 39.3 Å². The topological polar surface area (TPSA) is 113 Å². The van der Waals surface area contributed by atoms with Gasteiger partial charge in [0.25, 0.3) is 10.0 Å². The lowest BCUT2D eigenvalue weighted by atomic mass is 9.87. The minimum absolute atomic E-state index is 0.0423. The Labute approximate surface area is 190 Å². The summed E-state index contributed by atoms with van der Waals surface area (Å²) < 4.78 is 53.3. The minimum Gasteiger partial charge on any atom is -0.326 e. The van der Waals surface area contributed by atoms with Crippen molar-refractivity contribution in [3.63, 3.8) is 0 Å². The highest BCUT2D eigenvalue weighted by Crippen LogP contribution is 2.37. The molecule has 0 bridgehead atoms. The number of fused-ring (bicyclic) bond motifs is 1. The summed E-state index contributed by atoms with van der Waals surface area (Å²) in [5.74, 6) is -0.986. The van der Waals surface area contributed by atoms with Crippen LogP contribution in [0.25, 0.3) is 0 Å². The van der Waals surface area contributed by atoms with Gasteiger partial charge in [-0.05, 0) is 24.6 Å². The molecule has 1 saturated heterocycles. The van der Waals surface area contributed by atoms with E-state index in [4.69, 9.17) is 5.73 Å². The lowest BCUT2D eigenvalue weighted by Crippen LogP contribution is -2.55. The zero-order valence-corrected chi connectivity index (χ0v) is 18.8. The summed E-state index contributed by atoms with van der Waals surface area (Å²) in [5.41, 5.74) is 9.35. The van der Waals surface area contributed by atoms with Gasteiger partial charge < -0.3 is 5.73 Å². The zero-order chi connectivity index (χ0) is 23.3. The van der Waals surface area contributed by atoms with Gasteiger partial charge >= 0.3 is 0 Å². The molecule has 0 spiro atoms. The van der Waals surface area contributed by atoms with E-state index >= 15 is 0 Å². The molecule has 1 unspecified atom stereocenters. The lowest BCUT2D eigenvalue weighted by Gasteiger charge is -2.46. The van der Waals surface area contributed by atoms with Crippen LogP contribution in [0.5, 0.6) is 0 Å². The van der Waals surface area contributed by atoms with E-state index in [1.165, 1.54) is 6.07 Å². The first-order chi connectivity index (χ1) is 15.7. The summed E-state index contributed by atoms with van der Waals surface area (Å²) >= 11 is 0. The summed E-state index contributed by atoms with van der Waals surface area (Å²) in [7, 11) is -3.43. The summed E-state index contributed by atoms with van der Waals surface area (Å²) in [6, 6.07) is 2.58. The average molecular weight is 478 g/mol. The Morgan fingerprint density at radius 1 is 1.27 bits per heavy atom. The van der Waals surface area contributed by atoms with E-state index in [9.17, 15) is 17.2 Å². The van der Waals surface area contributed by atoms with Crippen LogP contribution in [0.1, 0.15) is 34.8 Å². The van der Waals surface area contributed by atoms with Crippen LogP contribution in [0, 0.1) is 11.6 Å². The predicted octanol–water partition coefficient (Wildman–Crippen LogP) is 1.35. The van der Waals surface area contributed by atoms with Crippen molar-refractivity contribution in [3.8, 4) is 0 Å². The SMILES string of the molecule is CS(=O)(=O)n1cc2c(n1)CN([C@H]1CC(N)[C@@H](c3cc(F)ccc3F)N(Cc3cn[nH]c3)C1)C2. The number of hydrogen-bond donors (Lipinski definition) is 2. The molecule has 2 aliphatic rings. The Kier molecular flexibility index (Phi) is 5.55. The van der Waals surface area contributed by atoms with Gasteiger partial charge in [-0.1, -0.05) is 0 Å². The van der Waals surface area contributed by atoms with Crippen molar-refractivity contribution in [3.05, 3.63) is 70.8 Å². The van der Waals surface area contributed by atoms with Crippen LogP contribution in [0.15, 0.2) is 36.8 Å². The molecule has 1 aromatic carbocycles. The zero-order valence-electron chi connectivity index (χ0n) is 18.0. The van der Waals surface area contributed by atoms with Gasteiger partial charge in [-0.25, -0.2) is 17.2 Å². The summed E-state index contributed by atoms with van der Waals surface area (Å²) in [6.45, 7) is 2.12. The smallest absolute Gasteiger partial charge is 0.250 e. The summed E-state index contributed by atoms with van der Waals surface area (Å²) in [4.78, 5) is 4.28. The number of nitrogens with one attached hydrogen (secondary N) is 1. The van der Waals surface area contributed by atoms with Crippen molar-refractivity contribution in [2.24, 2.45) is 5.73 Å². The number of piperidine rings is 1. The lowest BCUT2D eigenvalue weighted by molar-refractivity contribution is 0.0362. The second-order valence-electron chi connectivity index (χ2n) is 8.84. The molecule has 3 atom stereocenters. The molecule has 2 aromatic heterocycles. The van der Waals surface area contributed by atoms with Crippen LogP contribution < -0.4 is 5.73 Å². The van der Waals surface area contributed by atoms with Gasteiger partial charge in [0.2, 0.25) is 0 Å². The molecule has 176 valence electrons. The Morgan fingerprint density at radius 2 is 2.09 bits per heavy atom. The van der Waals surface area contributed by atoms with Crippen LogP contribution in [0.2, 0.25) is 0 Å². The van der Waals surface area contributed by atoms with Gasteiger partial charge in [-0.2, -0.15) is 14.3 Å². The molecule has 1 fully saturated rings. The van der Waals surface area contributed by atoms with E-state index in [0.29, 0.717) is 32.6 Å². The Bertz CT molecular complexity index is 1240. The molecule has 3 aromatic rings. The third-order valence-corrected chi connectivity index (χ3v) is 7.31. The molecular weight excluding hydrogens is 452 g/mol. The molecule has 12 heteroatoms. The number of likely N-dealkylation sites (tertiary alicyclic amines) is 1. The monoisotopic (exact) mass is 477 g/mol. The maximum absolute atomic E-state index is 14.7. The van der Waals surface area contributed by atoms with Gasteiger partial charge in [-0.15, -0.1) is 0 Å². The fourth-order valence-electron chi connectivity index (χ4n) is 4.95. The van der Waals surface area contributed by atoms with Crippen LogP contribution in [0.3, 0.4) is 0 Å². The van der Waals surface area contributed by atoms with E-state index in [1.54, 1.807) is 18.6 Å². The second kappa shape index (κ2) is 8.28. The average Bonchev–Trinajstić information content (AvgIpc) is 3.46. The number of halogens is 2. The van der Waals surface area contributed by atoms with Crippen molar-refractivity contribution in [1.82, 2.24) is 29.2 Å². The minimum atomic E-state index is -3.43. The molecule has 3 N–H and O–H groups in total. The molecule has 33 heavy (non-hydrogen) atoms. The van der Waals surface area contributed by atoms with Crippen LogP contribution >= 0.6 is 0 Å². The molecule has 0 radical (unpaired) electrons. The third-order valence-electron chi connectivity index (χ3n) is 6.44. The highest BCUT2D eigenvalue weighted by Gasteiger charge is 2.40. The third kappa shape index (κ3) is 4.31. The first-order valence-electron chi connectivity index (χ1n) is 10.6. The fourth-order valence-corrected chi connectivity index (χ4v) is 5.51. The van der Waals surface area contributed by atoms with E-state index in [1.807, 2.05) is 0 Å². The van der Waals surface area contributed by atoms with Gasteiger partial charge in [0.05, 0.1) is 24.2 Å². The molecule has 4 heterocycles. The number of benzene rings is 1. The molecule has 0 amide bonds. The fraction of sp³-hybridized carbons (Fsp3) is 0.429. The molecule has 0 aliphatic carbocycles. The molecule has 9 nitrogen and oxygen atoms in total. The highest BCUT2D eigenvalue weighted by atomic mass is 32.2. The van der Waals surface area contributed by atoms with E-state index in [-0.39, 0.29) is 11.6 Å². The van der Waals surface area contributed by atoms with Crippen molar-refractivity contribution in [2.75, 3.05) is 12.8 Å². The predicted molar refractivity (Wildman–Crippen MR) is 116 cm³/mol. The first kappa shape index (κ1) is 22.1. The Hall–Kier alpha value is -2.67. The van der Waals surface area contributed by atoms with Crippen LogP contribution in [-0.4, -0.2) is 62.5 Å². The maximum atomic E-state index is 14.7. The Balaban J connectivity index is 1.40. The standard InChI is InChI=1S/C21H25F2N7O2S/c1-33(31,32)30-10-14-9-28(12-20(14)27-30)16-5-19(24)21(17-4-15(22)2-3-18(17)23)29(11-16)8-13-6-25-26-7-13/h2-4,6-7,10,16,19,21H,5,8-9,11-12,24H2,1H3,(H,25,26)/t16-,19?,21+/m0/s1. The van der Waals surface area contributed by atoms with Gasteiger partial charge in [-0.3, -0.25) is 14.9 Å². The quantitative estimate of drug-likeness (QED) is 0.570. The number of H-pyrrole nitrogens is 1. The number of rotatable bonds is 5. The first-order valence-corrected chi connectivity index (χ1v) is 12.5. The van der Waals surface area contributed by atoms with Crippen LogP contribution in [-0.2, 0) is 29.7 Å². The number of hydrogen-bond acceptors (Lipinski definition) is 7. The molecular formula is C21H25F2N7O2S. The maximum Gasteiger partial charge on any atom is 0.250 e. The molecule has 5 rings (SSSR count). The number of nitrogens with two attached hydrogens (primary N) is 1. The van der Waals surface area contributed by atoms with Gasteiger partial charge in [0.15, 0.2) is 0 Å². The number of aromatic nitrogens is 4. The van der Waals surface area contributed by atoms with Gasteiger partial charge in [0.1, 0.15) is 11.6 Å². The molecule has 0 saturated carbocycles. The number of aromatic amines is 1. The van der Waals surface area contributed by atoms with Crippen molar-refractivity contribution < 1.29 is 17.2 Å². The van der Waals surface area contributed by atoms with Crippen molar-refractivity contribution in [2.45, 2.75) is 44.2 Å². The normalized spacial score (nSPS) is 24.3. The van der Waals surface area contributed by atoms with E-state index < -0.39 is 33.7 Å².